The van der Waals surface area contributed by atoms with Crippen LogP contribution in [0, 0.1) is 0 Å². The van der Waals surface area contributed by atoms with E-state index in [1.54, 1.807) is 19.1 Å². The van der Waals surface area contributed by atoms with E-state index in [1.807, 2.05) is 78.9 Å². The summed E-state index contributed by atoms with van der Waals surface area (Å²) in [5, 5.41) is 18.8. The fourth-order valence-corrected chi connectivity index (χ4v) is 6.03. The number of carbonyl (C=O) groups excluding carboxylic acids is 1. The number of nitrogens with zero attached hydrogens (tertiary/aromatic N) is 1. The molecular weight excluding hydrogens is 586 g/mol. The number of morpholine rings is 1. The number of aliphatic hydroxyl groups is 1. The summed E-state index contributed by atoms with van der Waals surface area (Å²) in [7, 11) is 3.27. The quantitative estimate of drug-likeness (QED) is 0.133. The van der Waals surface area contributed by atoms with Crippen LogP contribution in [0.5, 0.6) is 11.5 Å². The van der Waals surface area contributed by atoms with Crippen molar-refractivity contribution in [3.63, 3.8) is 0 Å². The van der Waals surface area contributed by atoms with Crippen LogP contribution in [0.2, 0.25) is 0 Å². The van der Waals surface area contributed by atoms with E-state index in [0.29, 0.717) is 25.9 Å². The van der Waals surface area contributed by atoms with E-state index in [1.165, 1.54) is 0 Å². The van der Waals surface area contributed by atoms with Crippen LogP contribution < -0.4 is 9.47 Å². The summed E-state index contributed by atoms with van der Waals surface area (Å²) in [6, 6.07) is 25.6. The Hall–Kier alpha value is -3.92. The van der Waals surface area contributed by atoms with E-state index in [2.05, 4.69) is 0 Å². The van der Waals surface area contributed by atoms with Gasteiger partial charge in [-0.25, -0.2) is 0 Å². The smallest absolute Gasteiger partial charge is 0.303 e. The lowest BCUT2D eigenvalue weighted by molar-refractivity contribution is -0.160. The summed E-state index contributed by atoms with van der Waals surface area (Å²) in [6.07, 6.45) is 4.88. The van der Waals surface area contributed by atoms with E-state index < -0.39 is 23.8 Å². The van der Waals surface area contributed by atoms with Gasteiger partial charge in [0.05, 0.1) is 39.6 Å². The summed E-state index contributed by atoms with van der Waals surface area (Å²) < 4.78 is 24.1. The first-order valence-corrected chi connectivity index (χ1v) is 16.1. The number of rotatable bonds is 18. The Morgan fingerprint density at radius 1 is 0.739 bits per heavy atom. The molecule has 248 valence electrons. The van der Waals surface area contributed by atoms with Crippen LogP contribution in [0.1, 0.15) is 68.1 Å². The number of aliphatic carboxylic acids is 1. The molecule has 1 saturated heterocycles. The number of hydrogen-bond acceptors (Lipinski definition) is 7. The molecule has 0 saturated carbocycles. The fourth-order valence-electron chi connectivity index (χ4n) is 6.03. The topological polar surface area (TPSA) is 115 Å². The van der Waals surface area contributed by atoms with Gasteiger partial charge in [-0.05, 0) is 53.8 Å². The largest absolute Gasteiger partial charge is 0.497 e. The monoisotopic (exact) mass is 633 g/mol. The fraction of sp³-hybridized carbons (Fsp3) is 0.459. The van der Waals surface area contributed by atoms with Crippen LogP contribution in [0.4, 0.5) is 0 Å². The molecule has 9 heteroatoms. The minimum Gasteiger partial charge on any atom is -0.497 e. The van der Waals surface area contributed by atoms with Crippen molar-refractivity contribution in [3.8, 4) is 11.5 Å². The molecule has 0 aromatic heterocycles. The van der Waals surface area contributed by atoms with Gasteiger partial charge in [-0.3, -0.25) is 9.59 Å². The summed E-state index contributed by atoms with van der Waals surface area (Å²) >= 11 is 0. The molecule has 46 heavy (non-hydrogen) atoms. The Kier molecular flexibility index (Phi) is 13.4. The Bertz CT molecular complexity index is 1300. The zero-order valence-corrected chi connectivity index (χ0v) is 26.9. The van der Waals surface area contributed by atoms with Gasteiger partial charge in [-0.15, -0.1) is 0 Å². The molecule has 2 N–H and O–H groups in total. The van der Waals surface area contributed by atoms with Gasteiger partial charge in [0, 0.05) is 25.9 Å². The highest BCUT2D eigenvalue weighted by molar-refractivity contribution is 5.76. The van der Waals surface area contributed by atoms with E-state index in [0.717, 1.165) is 60.3 Å². The van der Waals surface area contributed by atoms with Gasteiger partial charge in [-0.1, -0.05) is 80.3 Å². The molecule has 0 radical (unpaired) electrons. The van der Waals surface area contributed by atoms with Crippen molar-refractivity contribution in [2.24, 2.45) is 0 Å². The number of carbonyl (C=O) groups is 2. The normalized spacial score (nSPS) is 16.6. The number of aliphatic hydroxyl groups excluding tert-OH is 1. The zero-order valence-electron chi connectivity index (χ0n) is 26.9. The molecule has 1 aliphatic heterocycles. The first-order chi connectivity index (χ1) is 22.4. The second kappa shape index (κ2) is 17.7. The maximum atomic E-state index is 13.3. The molecule has 9 nitrogen and oxygen atoms in total. The second-order valence-electron chi connectivity index (χ2n) is 11.7. The molecule has 1 fully saturated rings. The van der Waals surface area contributed by atoms with Crippen LogP contribution in [-0.2, 0) is 24.7 Å². The number of hydrogen-bond donors (Lipinski definition) is 2. The van der Waals surface area contributed by atoms with Gasteiger partial charge in [0.1, 0.15) is 17.1 Å². The lowest BCUT2D eigenvalue weighted by atomic mass is 9.80. The van der Waals surface area contributed by atoms with Gasteiger partial charge < -0.3 is 34.1 Å². The predicted molar refractivity (Wildman–Crippen MR) is 175 cm³/mol. The van der Waals surface area contributed by atoms with Crippen molar-refractivity contribution in [2.75, 3.05) is 40.5 Å². The molecule has 3 aromatic rings. The average molecular weight is 634 g/mol. The Labute approximate surface area is 272 Å². The SMILES string of the molecule is COc1ccc(C(OCC2CN(C(=O)CCCCCCCCC(=O)O)C[C@@H](CO)O2)(c2ccccc2)c2ccc(OC)cc2)cc1. The van der Waals surface area contributed by atoms with E-state index in [9.17, 15) is 14.7 Å². The number of benzene rings is 3. The number of amides is 1. The summed E-state index contributed by atoms with van der Waals surface area (Å²) in [6.45, 7) is 0.670. The summed E-state index contributed by atoms with van der Waals surface area (Å²) in [4.78, 5) is 25.7. The van der Waals surface area contributed by atoms with Crippen LogP contribution in [0.3, 0.4) is 0 Å². The molecular formula is C37H47NO8. The van der Waals surface area contributed by atoms with Gasteiger partial charge >= 0.3 is 5.97 Å². The molecule has 0 aliphatic carbocycles. The van der Waals surface area contributed by atoms with Gasteiger partial charge in [0.25, 0.3) is 0 Å². The Morgan fingerprint density at radius 3 is 1.76 bits per heavy atom. The molecule has 1 heterocycles. The van der Waals surface area contributed by atoms with Crippen molar-refractivity contribution < 1.29 is 38.7 Å². The molecule has 4 rings (SSSR count). The Morgan fingerprint density at radius 2 is 1.24 bits per heavy atom. The second-order valence-corrected chi connectivity index (χ2v) is 11.7. The number of unbranched alkanes of at least 4 members (excludes halogenated alkanes) is 5. The first-order valence-electron chi connectivity index (χ1n) is 16.1. The lowest BCUT2D eigenvalue weighted by Crippen LogP contribution is -2.53. The van der Waals surface area contributed by atoms with Gasteiger partial charge in [0.2, 0.25) is 5.91 Å². The zero-order chi connectivity index (χ0) is 32.8. The molecule has 0 spiro atoms. The van der Waals surface area contributed by atoms with Crippen LogP contribution in [0.25, 0.3) is 0 Å². The number of carboxylic acid groups (broad SMARTS) is 1. The standard InChI is InChI=1S/C37H47NO8/c1-43-31-20-16-29(17-21-31)37(28-12-8-7-9-13-28,30-18-22-32(44-2)23-19-30)45-27-34-25-38(24-33(26-39)46-34)35(40)14-10-5-3-4-6-11-15-36(41)42/h7-9,12-13,16-23,33-34,39H,3-6,10-11,14-15,24-27H2,1-2H3,(H,41,42)/t33-,34?/m0/s1. The third-order valence-corrected chi connectivity index (χ3v) is 8.48. The van der Waals surface area contributed by atoms with Crippen LogP contribution in [-0.4, -0.2) is 79.7 Å². The molecule has 1 aliphatic rings. The highest BCUT2D eigenvalue weighted by atomic mass is 16.6. The van der Waals surface area contributed by atoms with E-state index in [4.69, 9.17) is 24.1 Å². The predicted octanol–water partition coefficient (Wildman–Crippen LogP) is 5.81. The maximum absolute atomic E-state index is 13.3. The maximum Gasteiger partial charge on any atom is 0.303 e. The van der Waals surface area contributed by atoms with Crippen molar-refractivity contribution in [1.82, 2.24) is 4.90 Å². The van der Waals surface area contributed by atoms with Gasteiger partial charge in [-0.2, -0.15) is 0 Å². The highest BCUT2D eigenvalue weighted by Crippen LogP contribution is 2.42. The van der Waals surface area contributed by atoms with Crippen LogP contribution >= 0.6 is 0 Å². The van der Waals surface area contributed by atoms with E-state index in [-0.39, 0.29) is 25.5 Å². The average Bonchev–Trinajstić information content (AvgIpc) is 3.10. The highest BCUT2D eigenvalue weighted by Gasteiger charge is 2.40. The number of carboxylic acids is 1. The summed E-state index contributed by atoms with van der Waals surface area (Å²) in [5.74, 6) is 0.744. The minimum atomic E-state index is -1.02. The minimum absolute atomic E-state index is 0.0391. The molecule has 3 aromatic carbocycles. The lowest BCUT2D eigenvalue weighted by Gasteiger charge is -2.41. The molecule has 1 amide bonds. The molecule has 0 bridgehead atoms. The third-order valence-electron chi connectivity index (χ3n) is 8.48. The molecule has 2 atom stereocenters. The van der Waals surface area contributed by atoms with Crippen molar-refractivity contribution in [2.45, 2.75) is 69.2 Å². The first kappa shape index (κ1) is 34.9. The van der Waals surface area contributed by atoms with Crippen LogP contribution in [0.15, 0.2) is 78.9 Å². The Balaban J connectivity index is 1.51. The molecule has 1 unspecified atom stereocenters. The number of methoxy groups -OCH3 is 2. The van der Waals surface area contributed by atoms with Crippen molar-refractivity contribution >= 4 is 11.9 Å². The van der Waals surface area contributed by atoms with Crippen molar-refractivity contribution in [1.29, 1.82) is 0 Å². The van der Waals surface area contributed by atoms with Gasteiger partial charge in [0.15, 0.2) is 0 Å². The number of ether oxygens (including phenoxy) is 4. The van der Waals surface area contributed by atoms with E-state index >= 15 is 0 Å². The summed E-state index contributed by atoms with van der Waals surface area (Å²) in [5.41, 5.74) is 1.70. The van der Waals surface area contributed by atoms with Crippen molar-refractivity contribution in [3.05, 3.63) is 95.6 Å². The third kappa shape index (κ3) is 9.31.